The summed E-state index contributed by atoms with van der Waals surface area (Å²) in [7, 11) is 0. The number of aromatic nitrogens is 3. The zero-order valence-electron chi connectivity index (χ0n) is 13.2. The number of carbonyl (C=O) groups is 2. The van der Waals surface area contributed by atoms with Crippen molar-refractivity contribution in [2.45, 2.75) is 32.0 Å². The maximum atomic E-state index is 12.7. The van der Waals surface area contributed by atoms with Crippen molar-refractivity contribution < 1.29 is 9.59 Å². The smallest absolute Gasteiger partial charge is 0.223 e. The molecule has 0 bridgehead atoms. The Labute approximate surface area is 138 Å². The molecule has 0 aliphatic rings. The first-order valence-corrected chi connectivity index (χ1v) is 8.17. The summed E-state index contributed by atoms with van der Waals surface area (Å²) in [6.45, 7) is 5.19. The number of ketones is 1. The van der Waals surface area contributed by atoms with E-state index in [0.717, 1.165) is 5.75 Å². The summed E-state index contributed by atoms with van der Waals surface area (Å²) < 4.78 is 1.64. The van der Waals surface area contributed by atoms with Crippen LogP contribution in [0.2, 0.25) is 0 Å². The molecule has 2 aromatic rings. The van der Waals surface area contributed by atoms with Gasteiger partial charge < -0.3 is 11.1 Å². The highest BCUT2D eigenvalue weighted by molar-refractivity contribution is 7.99. The Bertz CT molecular complexity index is 711. The molecule has 3 N–H and O–H groups in total. The molecule has 2 rings (SSSR count). The minimum Gasteiger partial charge on any atom is -0.368 e. The number of Topliss-reactive ketones (excluding diaryl/α,β-unsaturated/α-hetero) is 1. The van der Waals surface area contributed by atoms with Crippen LogP contribution in [0, 0.1) is 0 Å². The lowest BCUT2D eigenvalue weighted by Crippen LogP contribution is -2.19. The van der Waals surface area contributed by atoms with Crippen LogP contribution in [0.15, 0.2) is 29.4 Å². The van der Waals surface area contributed by atoms with Gasteiger partial charge in [-0.15, -0.1) is 10.2 Å². The molecule has 0 aliphatic carbocycles. The Morgan fingerprint density at radius 3 is 2.52 bits per heavy atom. The topological polar surface area (TPSA) is 103 Å². The molecule has 0 radical (unpaired) electrons. The number of nitrogens with one attached hydrogen (secondary N) is 1. The molecule has 1 aromatic heterocycles. The van der Waals surface area contributed by atoms with Crippen molar-refractivity contribution in [2.75, 3.05) is 16.8 Å². The van der Waals surface area contributed by atoms with Crippen molar-refractivity contribution in [3.63, 3.8) is 0 Å². The summed E-state index contributed by atoms with van der Waals surface area (Å²) >= 11 is 1.48. The van der Waals surface area contributed by atoms with Gasteiger partial charge in [-0.1, -0.05) is 18.7 Å². The van der Waals surface area contributed by atoms with Crippen LogP contribution in [0.3, 0.4) is 0 Å². The largest absolute Gasteiger partial charge is 0.368 e. The summed E-state index contributed by atoms with van der Waals surface area (Å²) in [5.74, 6) is 0.779. The number of nitrogens with two attached hydrogens (primary N) is 1. The van der Waals surface area contributed by atoms with Crippen LogP contribution in [0.1, 0.15) is 37.2 Å². The second-order valence-corrected chi connectivity index (χ2v) is 6.17. The molecular formula is C15H19N5O2S. The number of amides is 1. The standard InChI is InChI=1S/C15H19N5O2S/c1-4-23-15-19-18-14(16)20(15)9(2)13(22)11-5-7-12(8-6-11)17-10(3)21/h5-9H,4H2,1-3H3,(H2,16,18)(H,17,21). The summed E-state index contributed by atoms with van der Waals surface area (Å²) in [6.07, 6.45) is 0. The molecule has 0 aliphatic heterocycles. The minimum atomic E-state index is -0.509. The summed E-state index contributed by atoms with van der Waals surface area (Å²) in [5, 5.41) is 11.1. The molecule has 23 heavy (non-hydrogen) atoms. The number of hydrogen-bond acceptors (Lipinski definition) is 6. The van der Waals surface area contributed by atoms with Gasteiger partial charge >= 0.3 is 0 Å². The van der Waals surface area contributed by atoms with Gasteiger partial charge in [0.2, 0.25) is 11.9 Å². The van der Waals surface area contributed by atoms with Gasteiger partial charge in [0.15, 0.2) is 10.9 Å². The van der Waals surface area contributed by atoms with E-state index >= 15 is 0 Å². The van der Waals surface area contributed by atoms with Gasteiger partial charge in [-0.25, -0.2) is 0 Å². The summed E-state index contributed by atoms with van der Waals surface area (Å²) in [6, 6.07) is 6.23. The number of nitrogen functional groups attached to an aromatic ring is 1. The zero-order valence-corrected chi connectivity index (χ0v) is 14.1. The van der Waals surface area contributed by atoms with Crippen molar-refractivity contribution in [1.29, 1.82) is 0 Å². The maximum Gasteiger partial charge on any atom is 0.223 e. The second kappa shape index (κ2) is 7.28. The second-order valence-electron chi connectivity index (χ2n) is 4.94. The van der Waals surface area contributed by atoms with Gasteiger partial charge in [0.1, 0.15) is 0 Å². The molecule has 122 valence electrons. The lowest BCUT2D eigenvalue weighted by molar-refractivity contribution is -0.114. The monoisotopic (exact) mass is 333 g/mol. The van der Waals surface area contributed by atoms with E-state index in [1.165, 1.54) is 18.7 Å². The number of rotatable bonds is 6. The van der Waals surface area contributed by atoms with Gasteiger partial charge in [-0.2, -0.15) is 0 Å². The Morgan fingerprint density at radius 1 is 1.30 bits per heavy atom. The Hall–Kier alpha value is -2.35. The van der Waals surface area contributed by atoms with E-state index in [-0.39, 0.29) is 17.6 Å². The van der Waals surface area contributed by atoms with E-state index in [2.05, 4.69) is 15.5 Å². The predicted molar refractivity (Wildman–Crippen MR) is 90.6 cm³/mol. The number of anilines is 2. The highest BCUT2D eigenvalue weighted by Crippen LogP contribution is 2.25. The fourth-order valence-corrected chi connectivity index (χ4v) is 2.91. The van der Waals surface area contributed by atoms with Crippen molar-refractivity contribution in [2.24, 2.45) is 0 Å². The van der Waals surface area contributed by atoms with Gasteiger partial charge in [-0.3, -0.25) is 14.2 Å². The van der Waals surface area contributed by atoms with Gasteiger partial charge in [0, 0.05) is 18.2 Å². The van der Waals surface area contributed by atoms with E-state index in [1.54, 1.807) is 35.8 Å². The first-order chi connectivity index (χ1) is 10.9. The van der Waals surface area contributed by atoms with E-state index < -0.39 is 6.04 Å². The van der Waals surface area contributed by atoms with Crippen molar-refractivity contribution >= 4 is 35.1 Å². The lowest BCUT2D eigenvalue weighted by atomic mass is 10.0. The van der Waals surface area contributed by atoms with Crippen LogP contribution >= 0.6 is 11.8 Å². The molecule has 8 heteroatoms. The van der Waals surface area contributed by atoms with E-state index in [1.807, 2.05) is 6.92 Å². The molecule has 7 nitrogen and oxygen atoms in total. The fraction of sp³-hybridized carbons (Fsp3) is 0.333. The van der Waals surface area contributed by atoms with Gasteiger partial charge in [0.25, 0.3) is 0 Å². The van der Waals surface area contributed by atoms with E-state index in [0.29, 0.717) is 16.4 Å². The number of carbonyl (C=O) groups excluding carboxylic acids is 2. The zero-order chi connectivity index (χ0) is 17.0. The van der Waals surface area contributed by atoms with Crippen LogP contribution in [-0.2, 0) is 4.79 Å². The quantitative estimate of drug-likeness (QED) is 0.621. The van der Waals surface area contributed by atoms with Crippen LogP contribution in [0.25, 0.3) is 0 Å². The Balaban J connectivity index is 2.22. The normalized spacial score (nSPS) is 12.0. The number of nitrogens with zero attached hydrogens (tertiary/aromatic N) is 3. The molecule has 1 aromatic carbocycles. The molecule has 0 fully saturated rings. The summed E-state index contributed by atoms with van der Waals surface area (Å²) in [4.78, 5) is 23.7. The van der Waals surface area contributed by atoms with Crippen LogP contribution in [0.5, 0.6) is 0 Å². The third-order valence-electron chi connectivity index (χ3n) is 3.22. The Kier molecular flexibility index (Phi) is 5.38. The van der Waals surface area contributed by atoms with Gasteiger partial charge in [0.05, 0.1) is 6.04 Å². The maximum absolute atomic E-state index is 12.7. The van der Waals surface area contributed by atoms with Crippen LogP contribution in [-0.4, -0.2) is 32.2 Å². The minimum absolute atomic E-state index is 0.0937. The molecule has 1 heterocycles. The molecule has 1 atom stereocenters. The molecule has 0 spiro atoms. The lowest BCUT2D eigenvalue weighted by Gasteiger charge is -2.15. The van der Waals surface area contributed by atoms with Crippen molar-refractivity contribution in [1.82, 2.24) is 14.8 Å². The SMILES string of the molecule is CCSc1nnc(N)n1C(C)C(=O)c1ccc(NC(C)=O)cc1. The average molecular weight is 333 g/mol. The predicted octanol–water partition coefficient (Wildman–Crippen LogP) is 2.37. The average Bonchev–Trinajstić information content (AvgIpc) is 2.87. The molecule has 1 amide bonds. The van der Waals surface area contributed by atoms with Crippen LogP contribution < -0.4 is 11.1 Å². The molecular weight excluding hydrogens is 314 g/mol. The van der Waals surface area contributed by atoms with Crippen molar-refractivity contribution in [3.8, 4) is 0 Å². The fourth-order valence-electron chi connectivity index (χ4n) is 2.16. The van der Waals surface area contributed by atoms with Crippen molar-refractivity contribution in [3.05, 3.63) is 29.8 Å². The first-order valence-electron chi connectivity index (χ1n) is 7.19. The Morgan fingerprint density at radius 2 is 1.96 bits per heavy atom. The van der Waals surface area contributed by atoms with Gasteiger partial charge in [-0.05, 0) is 36.9 Å². The van der Waals surface area contributed by atoms with Crippen LogP contribution in [0.4, 0.5) is 11.6 Å². The molecule has 1 unspecified atom stereocenters. The number of benzene rings is 1. The van der Waals surface area contributed by atoms with E-state index in [9.17, 15) is 9.59 Å². The molecule has 0 saturated heterocycles. The number of thioether (sulfide) groups is 1. The highest BCUT2D eigenvalue weighted by atomic mass is 32.2. The van der Waals surface area contributed by atoms with E-state index in [4.69, 9.17) is 5.73 Å². The third kappa shape index (κ3) is 3.89. The molecule has 0 saturated carbocycles. The highest BCUT2D eigenvalue weighted by Gasteiger charge is 2.23. The summed E-state index contributed by atoms with van der Waals surface area (Å²) in [5.41, 5.74) is 7.02. The number of hydrogen-bond donors (Lipinski definition) is 2. The third-order valence-corrected chi connectivity index (χ3v) is 4.05. The first kappa shape index (κ1) is 17.0.